The van der Waals surface area contributed by atoms with Crippen molar-refractivity contribution in [3.8, 4) is 5.75 Å². The fraction of sp³-hybridized carbons (Fsp3) is 0.625. The lowest BCUT2D eigenvalue weighted by Gasteiger charge is -2.32. The van der Waals surface area contributed by atoms with Crippen LogP contribution in [-0.4, -0.2) is 38.6 Å². The lowest BCUT2D eigenvalue weighted by Crippen LogP contribution is -2.41. The fourth-order valence-corrected chi connectivity index (χ4v) is 2.31. The van der Waals surface area contributed by atoms with Crippen LogP contribution in [-0.2, 0) is 14.0 Å². The molecule has 0 N–H and O–H groups in total. The number of ether oxygens (including phenoxy) is 2. The number of rotatable bonds is 6. The molecule has 0 saturated carbocycles. The summed E-state index contributed by atoms with van der Waals surface area (Å²) in [5.74, 6) is 0.644. The molecule has 122 valence electrons. The van der Waals surface area contributed by atoms with E-state index in [0.717, 1.165) is 11.9 Å². The van der Waals surface area contributed by atoms with Gasteiger partial charge in [0.2, 0.25) is 0 Å². The van der Waals surface area contributed by atoms with E-state index in [1.54, 1.807) is 7.11 Å². The second kappa shape index (κ2) is 6.79. The lowest BCUT2D eigenvalue weighted by atomic mass is 9.79. The Morgan fingerprint density at radius 3 is 2.32 bits per heavy atom. The Bertz CT molecular complexity index is 503. The summed E-state index contributed by atoms with van der Waals surface area (Å²) < 4.78 is 22.8. The van der Waals surface area contributed by atoms with Gasteiger partial charge in [-0.2, -0.15) is 0 Å². The second-order valence-electron chi connectivity index (χ2n) is 6.47. The highest BCUT2D eigenvalue weighted by Crippen LogP contribution is 2.37. The summed E-state index contributed by atoms with van der Waals surface area (Å²) in [6.45, 7) is 9.35. The monoisotopic (exact) mass is 326 g/mol. The number of hydrogen-bond donors (Lipinski definition) is 0. The molecule has 6 heteroatoms. The molecule has 0 aromatic heterocycles. The zero-order valence-electron chi connectivity index (χ0n) is 13.9. The molecule has 0 unspecified atom stereocenters. The molecule has 1 aliphatic heterocycles. The summed E-state index contributed by atoms with van der Waals surface area (Å²) in [4.78, 5) is 0. The topological polar surface area (TPSA) is 36.9 Å². The van der Waals surface area contributed by atoms with Crippen molar-refractivity contribution in [1.82, 2.24) is 0 Å². The zero-order chi connectivity index (χ0) is 16.4. The van der Waals surface area contributed by atoms with Gasteiger partial charge in [-0.05, 0) is 45.3 Å². The summed E-state index contributed by atoms with van der Waals surface area (Å²) in [7, 11) is 1.26. The molecule has 4 nitrogen and oxygen atoms in total. The van der Waals surface area contributed by atoms with Crippen LogP contribution in [0.4, 0.5) is 0 Å². The number of hydrogen-bond acceptors (Lipinski definition) is 4. The van der Waals surface area contributed by atoms with Crippen LogP contribution in [0, 0.1) is 0 Å². The van der Waals surface area contributed by atoms with Crippen LogP contribution < -0.4 is 10.2 Å². The molecule has 1 aliphatic rings. The first kappa shape index (κ1) is 17.6. The molecule has 1 saturated heterocycles. The Morgan fingerprint density at radius 2 is 1.73 bits per heavy atom. The van der Waals surface area contributed by atoms with Crippen LogP contribution in [0.15, 0.2) is 18.2 Å². The third-order valence-electron chi connectivity index (χ3n) is 4.23. The SMILES string of the molecule is COCCCOc1cc(B2OC(C)(C)C(C)(C)O2)ccc1Cl. The minimum Gasteiger partial charge on any atom is -0.492 e. The molecule has 1 aromatic carbocycles. The maximum atomic E-state index is 6.19. The van der Waals surface area contributed by atoms with Crippen molar-refractivity contribution >= 4 is 24.2 Å². The second-order valence-corrected chi connectivity index (χ2v) is 6.88. The maximum absolute atomic E-state index is 6.19. The first-order chi connectivity index (χ1) is 10.3. The van der Waals surface area contributed by atoms with E-state index in [4.69, 9.17) is 30.4 Å². The van der Waals surface area contributed by atoms with Gasteiger partial charge in [0.15, 0.2) is 0 Å². The Balaban J connectivity index is 2.10. The number of halogens is 1. The quantitative estimate of drug-likeness (QED) is 0.595. The van der Waals surface area contributed by atoms with Crippen LogP contribution in [0.1, 0.15) is 34.1 Å². The maximum Gasteiger partial charge on any atom is 0.494 e. The van der Waals surface area contributed by atoms with Crippen molar-refractivity contribution in [1.29, 1.82) is 0 Å². The van der Waals surface area contributed by atoms with Crippen molar-refractivity contribution in [3.63, 3.8) is 0 Å². The molecule has 0 atom stereocenters. The molecule has 0 spiro atoms. The smallest absolute Gasteiger partial charge is 0.492 e. The highest BCUT2D eigenvalue weighted by atomic mass is 35.5. The summed E-state index contributed by atoms with van der Waals surface area (Å²) in [5.41, 5.74) is 0.179. The van der Waals surface area contributed by atoms with Gasteiger partial charge in [0.05, 0.1) is 22.8 Å². The Labute approximate surface area is 138 Å². The average molecular weight is 327 g/mol. The minimum absolute atomic E-state index is 0.364. The summed E-state index contributed by atoms with van der Waals surface area (Å²) in [6, 6.07) is 5.61. The van der Waals surface area contributed by atoms with E-state index < -0.39 is 7.12 Å². The van der Waals surface area contributed by atoms with Gasteiger partial charge in [0, 0.05) is 20.1 Å². The summed E-state index contributed by atoms with van der Waals surface area (Å²) in [6.07, 6.45) is 0.813. The standard InChI is InChI=1S/C16H24BClO4/c1-15(2)16(3,4)22-17(21-15)12-7-8-13(18)14(11-12)20-10-6-9-19-5/h7-8,11H,6,9-10H2,1-5H3. The van der Waals surface area contributed by atoms with Crippen molar-refractivity contribution in [2.75, 3.05) is 20.3 Å². The molecule has 1 fully saturated rings. The van der Waals surface area contributed by atoms with E-state index in [0.29, 0.717) is 24.0 Å². The van der Waals surface area contributed by atoms with E-state index in [1.165, 1.54) is 0 Å². The predicted octanol–water partition coefficient (Wildman–Crippen LogP) is 3.05. The van der Waals surface area contributed by atoms with Crippen LogP contribution in [0.25, 0.3) is 0 Å². The molecule has 0 bridgehead atoms. The molecule has 1 aromatic rings. The van der Waals surface area contributed by atoms with Crippen molar-refractivity contribution < 1.29 is 18.8 Å². The molecule has 0 aliphatic carbocycles. The van der Waals surface area contributed by atoms with E-state index in [-0.39, 0.29) is 11.2 Å². The first-order valence-corrected chi connectivity index (χ1v) is 7.91. The van der Waals surface area contributed by atoms with Gasteiger partial charge in [-0.15, -0.1) is 0 Å². The van der Waals surface area contributed by atoms with E-state index in [2.05, 4.69) is 0 Å². The first-order valence-electron chi connectivity index (χ1n) is 7.54. The predicted molar refractivity (Wildman–Crippen MR) is 89.2 cm³/mol. The fourth-order valence-electron chi connectivity index (χ4n) is 2.14. The van der Waals surface area contributed by atoms with Crippen molar-refractivity contribution in [2.45, 2.75) is 45.3 Å². The van der Waals surface area contributed by atoms with Crippen molar-refractivity contribution in [3.05, 3.63) is 23.2 Å². The molecule has 1 heterocycles. The van der Waals surface area contributed by atoms with Gasteiger partial charge in [0.25, 0.3) is 0 Å². The molecule has 22 heavy (non-hydrogen) atoms. The van der Waals surface area contributed by atoms with E-state index >= 15 is 0 Å². The van der Waals surface area contributed by atoms with Gasteiger partial charge < -0.3 is 18.8 Å². The molecule has 2 rings (SSSR count). The summed E-state index contributed by atoms with van der Waals surface area (Å²) >= 11 is 6.19. The Morgan fingerprint density at radius 1 is 1.09 bits per heavy atom. The van der Waals surface area contributed by atoms with E-state index in [1.807, 2.05) is 45.9 Å². The third-order valence-corrected chi connectivity index (χ3v) is 4.54. The van der Waals surface area contributed by atoms with Crippen LogP contribution in [0.2, 0.25) is 5.02 Å². The minimum atomic E-state index is -0.413. The summed E-state index contributed by atoms with van der Waals surface area (Å²) in [5, 5.41) is 0.581. The van der Waals surface area contributed by atoms with Crippen molar-refractivity contribution in [2.24, 2.45) is 0 Å². The Hall–Kier alpha value is -0.745. The molecular weight excluding hydrogens is 302 g/mol. The molecule has 0 amide bonds. The van der Waals surface area contributed by atoms with Gasteiger partial charge >= 0.3 is 7.12 Å². The van der Waals surface area contributed by atoms with Crippen LogP contribution in [0.5, 0.6) is 5.75 Å². The van der Waals surface area contributed by atoms with Gasteiger partial charge in [-0.3, -0.25) is 0 Å². The van der Waals surface area contributed by atoms with E-state index in [9.17, 15) is 0 Å². The lowest BCUT2D eigenvalue weighted by molar-refractivity contribution is 0.00578. The highest BCUT2D eigenvalue weighted by molar-refractivity contribution is 6.62. The Kier molecular flexibility index (Phi) is 5.43. The number of methoxy groups -OCH3 is 1. The van der Waals surface area contributed by atoms with Gasteiger partial charge in [-0.1, -0.05) is 17.7 Å². The zero-order valence-corrected chi connectivity index (χ0v) is 14.7. The van der Waals surface area contributed by atoms with Crippen LogP contribution in [0.3, 0.4) is 0 Å². The third kappa shape index (κ3) is 3.77. The van der Waals surface area contributed by atoms with Gasteiger partial charge in [-0.25, -0.2) is 0 Å². The molecule has 0 radical (unpaired) electrons. The van der Waals surface area contributed by atoms with Crippen LogP contribution >= 0.6 is 11.6 Å². The number of benzene rings is 1. The largest absolute Gasteiger partial charge is 0.494 e. The molecular formula is C16H24BClO4. The average Bonchev–Trinajstić information content (AvgIpc) is 2.65. The normalized spacial score (nSPS) is 19.5. The highest BCUT2D eigenvalue weighted by Gasteiger charge is 2.51. The van der Waals surface area contributed by atoms with Gasteiger partial charge in [0.1, 0.15) is 5.75 Å².